The van der Waals surface area contributed by atoms with E-state index >= 15 is 0 Å². The summed E-state index contributed by atoms with van der Waals surface area (Å²) in [6.07, 6.45) is 9.52. The fourth-order valence-electron chi connectivity index (χ4n) is 5.42. The standard InChI is InChI=1S/C28H32ClN3O3/c1-28(27(34)30-22-11-5-3-2-4-6-12-22)19-31-23(25-13-8-16-35-25)14-15-24(31)26(33)32(28)18-20-9-7-10-21(29)17-20/h7-10,13-17,22H,2-6,11-12,18-19H2,1H3,(H,30,34)/t28-/m1/s1. The highest BCUT2D eigenvalue weighted by Gasteiger charge is 2.48. The summed E-state index contributed by atoms with van der Waals surface area (Å²) in [6.45, 7) is 2.52. The number of hydrogen-bond acceptors (Lipinski definition) is 3. The Hall–Kier alpha value is -2.99. The number of nitrogens with zero attached hydrogens (tertiary/aromatic N) is 2. The second-order valence-electron chi connectivity index (χ2n) is 9.98. The maximum atomic E-state index is 14.0. The second kappa shape index (κ2) is 9.94. The van der Waals surface area contributed by atoms with Crippen LogP contribution in [0.25, 0.3) is 11.5 Å². The third kappa shape index (κ3) is 4.76. The molecule has 1 saturated carbocycles. The molecule has 3 aromatic rings. The lowest BCUT2D eigenvalue weighted by Crippen LogP contribution is -2.64. The van der Waals surface area contributed by atoms with Gasteiger partial charge in [-0.3, -0.25) is 9.59 Å². The number of fused-ring (bicyclic) bond motifs is 1. The number of carbonyl (C=O) groups is 2. The van der Waals surface area contributed by atoms with E-state index in [1.165, 1.54) is 19.3 Å². The first-order valence-electron chi connectivity index (χ1n) is 12.6. The van der Waals surface area contributed by atoms with Crippen LogP contribution >= 0.6 is 11.6 Å². The Balaban J connectivity index is 1.50. The number of amides is 2. The van der Waals surface area contributed by atoms with Gasteiger partial charge in [-0.15, -0.1) is 0 Å². The van der Waals surface area contributed by atoms with Crippen LogP contribution in [0.5, 0.6) is 0 Å². The van der Waals surface area contributed by atoms with E-state index < -0.39 is 5.54 Å². The number of aromatic nitrogens is 1. The van der Waals surface area contributed by atoms with E-state index in [0.29, 0.717) is 29.6 Å². The van der Waals surface area contributed by atoms with Crippen LogP contribution in [-0.2, 0) is 17.9 Å². The predicted molar refractivity (Wildman–Crippen MR) is 136 cm³/mol. The van der Waals surface area contributed by atoms with Gasteiger partial charge in [0.1, 0.15) is 17.0 Å². The number of hydrogen-bond donors (Lipinski definition) is 1. The van der Waals surface area contributed by atoms with Crippen molar-refractivity contribution in [3.8, 4) is 11.5 Å². The van der Waals surface area contributed by atoms with E-state index in [0.717, 1.165) is 36.9 Å². The van der Waals surface area contributed by atoms with E-state index in [1.807, 2.05) is 60.0 Å². The highest BCUT2D eigenvalue weighted by molar-refractivity contribution is 6.30. The number of carbonyl (C=O) groups excluding carboxylic acids is 2. The number of furan rings is 1. The van der Waals surface area contributed by atoms with Gasteiger partial charge in [0.2, 0.25) is 5.91 Å². The lowest BCUT2D eigenvalue weighted by Gasteiger charge is -2.45. The molecule has 7 heteroatoms. The van der Waals surface area contributed by atoms with E-state index in [2.05, 4.69) is 5.32 Å². The summed E-state index contributed by atoms with van der Waals surface area (Å²) in [4.78, 5) is 29.5. The summed E-state index contributed by atoms with van der Waals surface area (Å²) >= 11 is 6.23. The minimum absolute atomic E-state index is 0.108. The highest BCUT2D eigenvalue weighted by Crippen LogP contribution is 2.35. The smallest absolute Gasteiger partial charge is 0.271 e. The Morgan fingerprint density at radius 2 is 1.80 bits per heavy atom. The monoisotopic (exact) mass is 493 g/mol. The molecule has 184 valence electrons. The molecule has 6 nitrogen and oxygen atoms in total. The molecule has 1 aliphatic heterocycles. The normalized spacial score (nSPS) is 21.3. The average Bonchev–Trinajstić information content (AvgIpc) is 3.48. The first kappa shape index (κ1) is 23.7. The highest BCUT2D eigenvalue weighted by atomic mass is 35.5. The summed E-state index contributed by atoms with van der Waals surface area (Å²) in [5.74, 6) is 0.391. The van der Waals surface area contributed by atoms with Crippen LogP contribution in [0.2, 0.25) is 5.02 Å². The molecule has 3 heterocycles. The van der Waals surface area contributed by atoms with Crippen molar-refractivity contribution in [3.05, 3.63) is 71.1 Å². The third-order valence-electron chi connectivity index (χ3n) is 7.44. The lowest BCUT2D eigenvalue weighted by atomic mass is 9.91. The van der Waals surface area contributed by atoms with Gasteiger partial charge in [-0.25, -0.2) is 0 Å². The van der Waals surface area contributed by atoms with Crippen molar-refractivity contribution >= 4 is 23.4 Å². The van der Waals surface area contributed by atoms with Crippen molar-refractivity contribution in [2.45, 2.75) is 76.5 Å². The van der Waals surface area contributed by atoms with Gasteiger partial charge in [0, 0.05) is 17.6 Å². The molecule has 1 aromatic carbocycles. The van der Waals surface area contributed by atoms with Gasteiger partial charge in [-0.2, -0.15) is 0 Å². The van der Waals surface area contributed by atoms with Gasteiger partial charge in [0.25, 0.3) is 5.91 Å². The maximum absolute atomic E-state index is 14.0. The van der Waals surface area contributed by atoms with Crippen LogP contribution in [0.3, 0.4) is 0 Å². The van der Waals surface area contributed by atoms with Gasteiger partial charge in [-0.05, 0) is 61.7 Å². The number of rotatable bonds is 5. The predicted octanol–water partition coefficient (Wildman–Crippen LogP) is 6.05. The fraction of sp³-hybridized carbons (Fsp3) is 0.429. The number of benzene rings is 1. The Kier molecular flexibility index (Phi) is 6.74. The van der Waals surface area contributed by atoms with E-state index in [-0.39, 0.29) is 17.9 Å². The van der Waals surface area contributed by atoms with Gasteiger partial charge in [-0.1, -0.05) is 55.8 Å². The number of halogens is 1. The maximum Gasteiger partial charge on any atom is 0.271 e. The quantitative estimate of drug-likeness (QED) is 0.470. The van der Waals surface area contributed by atoms with Crippen LogP contribution in [0, 0.1) is 0 Å². The van der Waals surface area contributed by atoms with Crippen LogP contribution in [0.1, 0.15) is 67.9 Å². The summed E-state index contributed by atoms with van der Waals surface area (Å²) < 4.78 is 7.55. The van der Waals surface area contributed by atoms with Crippen molar-refractivity contribution in [1.29, 1.82) is 0 Å². The molecule has 1 fully saturated rings. The molecule has 0 spiro atoms. The SMILES string of the molecule is C[C@]1(C(=O)NC2CCCCCCC2)Cn2c(ccc2-c2ccco2)C(=O)N1Cc1cccc(Cl)c1. The molecular formula is C28H32ClN3O3. The van der Waals surface area contributed by atoms with Gasteiger partial charge < -0.3 is 19.2 Å². The summed E-state index contributed by atoms with van der Waals surface area (Å²) in [5.41, 5.74) is 1.16. The molecule has 5 rings (SSSR count). The second-order valence-corrected chi connectivity index (χ2v) is 10.4. The van der Waals surface area contributed by atoms with Crippen LogP contribution in [0.4, 0.5) is 0 Å². The molecule has 2 amide bonds. The first-order chi connectivity index (χ1) is 17.0. The van der Waals surface area contributed by atoms with E-state index in [4.69, 9.17) is 16.0 Å². The molecule has 0 unspecified atom stereocenters. The topological polar surface area (TPSA) is 67.5 Å². The molecule has 1 atom stereocenters. The number of nitrogens with one attached hydrogen (secondary N) is 1. The van der Waals surface area contributed by atoms with Crippen molar-refractivity contribution in [1.82, 2.24) is 14.8 Å². The van der Waals surface area contributed by atoms with E-state index in [1.54, 1.807) is 11.2 Å². The zero-order valence-electron chi connectivity index (χ0n) is 20.1. The Labute approximate surface area is 211 Å². The summed E-state index contributed by atoms with van der Waals surface area (Å²) in [5, 5.41) is 3.93. The molecule has 0 radical (unpaired) electrons. The Morgan fingerprint density at radius 3 is 2.51 bits per heavy atom. The third-order valence-corrected chi connectivity index (χ3v) is 7.67. The molecular weight excluding hydrogens is 462 g/mol. The van der Waals surface area contributed by atoms with Crippen molar-refractivity contribution in [2.75, 3.05) is 0 Å². The Morgan fingerprint density at radius 1 is 1.06 bits per heavy atom. The van der Waals surface area contributed by atoms with E-state index in [9.17, 15) is 9.59 Å². The molecule has 1 aliphatic carbocycles. The van der Waals surface area contributed by atoms with Crippen LogP contribution in [-0.4, -0.2) is 32.9 Å². The minimum atomic E-state index is -1.07. The van der Waals surface area contributed by atoms with Crippen LogP contribution < -0.4 is 5.32 Å². The zero-order chi connectivity index (χ0) is 24.4. The molecule has 1 N–H and O–H groups in total. The molecule has 35 heavy (non-hydrogen) atoms. The van der Waals surface area contributed by atoms with Crippen molar-refractivity contribution in [3.63, 3.8) is 0 Å². The first-order valence-corrected chi connectivity index (χ1v) is 12.9. The lowest BCUT2D eigenvalue weighted by molar-refractivity contribution is -0.134. The van der Waals surface area contributed by atoms with Gasteiger partial charge in [0.15, 0.2) is 0 Å². The molecule has 0 bridgehead atoms. The van der Waals surface area contributed by atoms with Gasteiger partial charge >= 0.3 is 0 Å². The average molecular weight is 494 g/mol. The largest absolute Gasteiger partial charge is 0.463 e. The Bertz CT molecular complexity index is 1190. The summed E-state index contributed by atoms with van der Waals surface area (Å²) in [7, 11) is 0. The minimum Gasteiger partial charge on any atom is -0.463 e. The molecule has 0 saturated heterocycles. The van der Waals surface area contributed by atoms with Crippen molar-refractivity contribution in [2.24, 2.45) is 0 Å². The van der Waals surface area contributed by atoms with Crippen molar-refractivity contribution < 1.29 is 14.0 Å². The van der Waals surface area contributed by atoms with Crippen LogP contribution in [0.15, 0.2) is 59.2 Å². The fourth-order valence-corrected chi connectivity index (χ4v) is 5.63. The zero-order valence-corrected chi connectivity index (χ0v) is 20.9. The summed E-state index contributed by atoms with van der Waals surface area (Å²) in [6, 6.07) is 15.0. The van der Waals surface area contributed by atoms with Gasteiger partial charge in [0.05, 0.1) is 18.5 Å². The molecule has 2 aromatic heterocycles. The molecule has 2 aliphatic rings.